The minimum atomic E-state index is -1.24. The predicted octanol–water partition coefficient (Wildman–Crippen LogP) is 1.93. The van der Waals surface area contributed by atoms with Crippen molar-refractivity contribution in [2.75, 3.05) is 0 Å². The number of carboxylic acids is 1. The number of rotatable bonds is 3. The van der Waals surface area contributed by atoms with Crippen LogP contribution in [0.2, 0.25) is 0 Å². The smallest absolute Gasteiger partial charge is 0.371 e. The molecular formula is C13H10O4. The van der Waals surface area contributed by atoms with Gasteiger partial charge in [0.2, 0.25) is 5.76 Å². The fourth-order valence-electron chi connectivity index (χ4n) is 1.50. The third kappa shape index (κ3) is 2.60. The Kier molecular flexibility index (Phi) is 3.05. The summed E-state index contributed by atoms with van der Waals surface area (Å²) >= 11 is 0. The second-order valence-corrected chi connectivity index (χ2v) is 3.60. The Morgan fingerprint density at radius 3 is 2.53 bits per heavy atom. The van der Waals surface area contributed by atoms with E-state index in [1.807, 2.05) is 30.3 Å². The molecule has 0 saturated heterocycles. The number of hydrogen-bond donors (Lipinski definition) is 1. The third-order valence-corrected chi connectivity index (χ3v) is 2.36. The molecule has 0 saturated carbocycles. The van der Waals surface area contributed by atoms with E-state index in [1.165, 1.54) is 6.26 Å². The lowest BCUT2D eigenvalue weighted by molar-refractivity contribution is 0.0659. The predicted molar refractivity (Wildman–Crippen MR) is 61.2 cm³/mol. The van der Waals surface area contributed by atoms with E-state index < -0.39 is 5.97 Å². The fourth-order valence-corrected chi connectivity index (χ4v) is 1.50. The van der Waals surface area contributed by atoms with Crippen LogP contribution in [-0.4, -0.2) is 11.1 Å². The van der Waals surface area contributed by atoms with Crippen molar-refractivity contribution in [3.8, 4) is 0 Å². The van der Waals surface area contributed by atoms with Gasteiger partial charge in [-0.15, -0.1) is 0 Å². The fraction of sp³-hybridized carbons (Fsp3) is 0.0769. The maximum atomic E-state index is 11.6. The average Bonchev–Trinajstić information content (AvgIpc) is 2.33. The van der Waals surface area contributed by atoms with Crippen LogP contribution in [0, 0.1) is 0 Å². The Morgan fingerprint density at radius 1 is 1.24 bits per heavy atom. The third-order valence-electron chi connectivity index (χ3n) is 2.36. The van der Waals surface area contributed by atoms with E-state index in [0.29, 0.717) is 12.0 Å². The lowest BCUT2D eigenvalue weighted by Crippen LogP contribution is -2.11. The Bertz CT molecular complexity index is 584. The molecule has 1 heterocycles. The Morgan fingerprint density at radius 2 is 1.94 bits per heavy atom. The molecule has 1 aromatic carbocycles. The van der Waals surface area contributed by atoms with E-state index in [0.717, 1.165) is 11.6 Å². The van der Waals surface area contributed by atoms with Gasteiger partial charge >= 0.3 is 5.97 Å². The van der Waals surface area contributed by atoms with Gasteiger partial charge in [-0.1, -0.05) is 30.3 Å². The average molecular weight is 230 g/mol. The van der Waals surface area contributed by atoms with Gasteiger partial charge in [0.25, 0.3) is 0 Å². The summed E-state index contributed by atoms with van der Waals surface area (Å²) < 4.78 is 4.87. The first-order valence-corrected chi connectivity index (χ1v) is 5.06. The minimum absolute atomic E-state index is 0.322. The van der Waals surface area contributed by atoms with Gasteiger partial charge < -0.3 is 9.52 Å². The standard InChI is InChI=1S/C13H10O4/c14-11-7-12(13(15)16)17-8-10(11)6-9-4-2-1-3-5-9/h1-5,7-8H,6H2,(H,15,16). The van der Waals surface area contributed by atoms with Crippen molar-refractivity contribution in [2.45, 2.75) is 6.42 Å². The zero-order chi connectivity index (χ0) is 12.3. The van der Waals surface area contributed by atoms with Crippen molar-refractivity contribution in [2.24, 2.45) is 0 Å². The number of carboxylic acid groups (broad SMARTS) is 1. The summed E-state index contributed by atoms with van der Waals surface area (Å²) in [5.41, 5.74) is 1.10. The molecule has 0 bridgehead atoms. The first kappa shape index (κ1) is 11.1. The van der Waals surface area contributed by atoms with Gasteiger partial charge in [0, 0.05) is 18.1 Å². The first-order valence-electron chi connectivity index (χ1n) is 5.06. The molecule has 4 heteroatoms. The van der Waals surface area contributed by atoms with Gasteiger partial charge in [0.1, 0.15) is 0 Å². The summed E-state index contributed by atoms with van der Waals surface area (Å²) in [6, 6.07) is 10.4. The zero-order valence-electron chi connectivity index (χ0n) is 8.92. The van der Waals surface area contributed by atoms with E-state index in [-0.39, 0.29) is 11.2 Å². The van der Waals surface area contributed by atoms with Gasteiger partial charge in [-0.3, -0.25) is 4.79 Å². The van der Waals surface area contributed by atoms with Gasteiger partial charge in [-0.25, -0.2) is 4.79 Å². The molecule has 0 atom stereocenters. The molecule has 0 spiro atoms. The highest BCUT2D eigenvalue weighted by Crippen LogP contribution is 2.06. The molecule has 1 aromatic heterocycles. The van der Waals surface area contributed by atoms with Crippen LogP contribution in [0.15, 0.2) is 51.9 Å². The topological polar surface area (TPSA) is 67.5 Å². The van der Waals surface area contributed by atoms with Crippen LogP contribution in [0.4, 0.5) is 0 Å². The quantitative estimate of drug-likeness (QED) is 0.874. The Hall–Kier alpha value is -2.36. The molecule has 2 aromatic rings. The molecule has 0 aliphatic rings. The lowest BCUT2D eigenvalue weighted by atomic mass is 10.1. The molecule has 0 radical (unpaired) electrons. The highest BCUT2D eigenvalue weighted by molar-refractivity contribution is 5.84. The van der Waals surface area contributed by atoms with Crippen LogP contribution < -0.4 is 5.43 Å². The number of carbonyl (C=O) groups is 1. The van der Waals surface area contributed by atoms with Crippen molar-refractivity contribution in [3.63, 3.8) is 0 Å². The highest BCUT2D eigenvalue weighted by atomic mass is 16.4. The molecule has 0 fully saturated rings. The van der Waals surface area contributed by atoms with E-state index in [2.05, 4.69) is 0 Å². The monoisotopic (exact) mass is 230 g/mol. The number of hydrogen-bond acceptors (Lipinski definition) is 3. The van der Waals surface area contributed by atoms with Crippen molar-refractivity contribution in [1.29, 1.82) is 0 Å². The molecule has 0 aliphatic carbocycles. The summed E-state index contributed by atoms with van der Waals surface area (Å²) in [5.74, 6) is -1.58. The molecule has 1 N–H and O–H groups in total. The van der Waals surface area contributed by atoms with Gasteiger partial charge in [0.15, 0.2) is 5.43 Å². The summed E-state index contributed by atoms with van der Waals surface area (Å²) in [6.07, 6.45) is 1.64. The maximum absolute atomic E-state index is 11.6. The molecule has 0 unspecified atom stereocenters. The van der Waals surface area contributed by atoms with E-state index in [4.69, 9.17) is 9.52 Å². The molecule has 0 amide bonds. The summed E-state index contributed by atoms with van der Waals surface area (Å²) in [7, 11) is 0. The normalized spacial score (nSPS) is 10.1. The largest absolute Gasteiger partial charge is 0.475 e. The number of benzene rings is 1. The Balaban J connectivity index is 2.29. The van der Waals surface area contributed by atoms with Gasteiger partial charge in [0.05, 0.1) is 6.26 Å². The van der Waals surface area contributed by atoms with Crippen LogP contribution in [-0.2, 0) is 6.42 Å². The molecule has 86 valence electrons. The van der Waals surface area contributed by atoms with Crippen LogP contribution >= 0.6 is 0 Å². The van der Waals surface area contributed by atoms with Crippen LogP contribution in [0.1, 0.15) is 21.7 Å². The van der Waals surface area contributed by atoms with Crippen molar-refractivity contribution < 1.29 is 14.3 Å². The molecule has 0 aliphatic heterocycles. The van der Waals surface area contributed by atoms with Crippen LogP contribution in [0.3, 0.4) is 0 Å². The molecular weight excluding hydrogens is 220 g/mol. The molecule has 17 heavy (non-hydrogen) atoms. The van der Waals surface area contributed by atoms with E-state index >= 15 is 0 Å². The molecule has 4 nitrogen and oxygen atoms in total. The summed E-state index contributed by atoms with van der Waals surface area (Å²) in [6.45, 7) is 0. The Labute approximate surface area is 97.1 Å². The minimum Gasteiger partial charge on any atom is -0.475 e. The van der Waals surface area contributed by atoms with E-state index in [1.54, 1.807) is 0 Å². The maximum Gasteiger partial charge on any atom is 0.371 e. The highest BCUT2D eigenvalue weighted by Gasteiger charge is 2.09. The van der Waals surface area contributed by atoms with E-state index in [9.17, 15) is 9.59 Å². The van der Waals surface area contributed by atoms with Crippen LogP contribution in [0.5, 0.6) is 0 Å². The van der Waals surface area contributed by atoms with Crippen molar-refractivity contribution >= 4 is 5.97 Å². The number of aromatic carboxylic acids is 1. The SMILES string of the molecule is O=C(O)c1cc(=O)c(Cc2ccccc2)co1. The van der Waals surface area contributed by atoms with Gasteiger partial charge in [-0.2, -0.15) is 0 Å². The zero-order valence-corrected chi connectivity index (χ0v) is 8.92. The first-order chi connectivity index (χ1) is 8.16. The van der Waals surface area contributed by atoms with Crippen molar-refractivity contribution in [1.82, 2.24) is 0 Å². The molecule has 2 rings (SSSR count). The summed E-state index contributed by atoms with van der Waals surface area (Å²) in [4.78, 5) is 22.2. The van der Waals surface area contributed by atoms with Gasteiger partial charge in [-0.05, 0) is 5.56 Å². The van der Waals surface area contributed by atoms with Crippen LogP contribution in [0.25, 0.3) is 0 Å². The second-order valence-electron chi connectivity index (χ2n) is 3.60. The second kappa shape index (κ2) is 4.65. The lowest BCUT2D eigenvalue weighted by Gasteiger charge is -2.00. The summed E-state index contributed by atoms with van der Waals surface area (Å²) in [5, 5.41) is 8.66. The van der Waals surface area contributed by atoms with Crippen molar-refractivity contribution in [3.05, 3.63) is 69.8 Å².